The van der Waals surface area contributed by atoms with Crippen LogP contribution in [0.15, 0.2) is 11.6 Å². The van der Waals surface area contributed by atoms with E-state index in [-0.39, 0.29) is 0 Å². The lowest BCUT2D eigenvalue weighted by Crippen LogP contribution is -2.29. The van der Waals surface area contributed by atoms with Crippen LogP contribution in [0.5, 0.6) is 0 Å². The Kier molecular flexibility index (Phi) is 4.26. The highest BCUT2D eigenvalue weighted by atomic mass is 28.3. The monoisotopic (exact) mass is 174 g/mol. The van der Waals surface area contributed by atoms with Gasteiger partial charge in [0, 0.05) is 0 Å². The first kappa shape index (κ1) is 10.6. The van der Waals surface area contributed by atoms with Crippen molar-refractivity contribution in [3.63, 3.8) is 0 Å². The van der Waals surface area contributed by atoms with Gasteiger partial charge in [-0.25, -0.2) is 0 Å². The van der Waals surface area contributed by atoms with E-state index in [1.807, 2.05) is 0 Å². The lowest BCUT2D eigenvalue weighted by Gasteiger charge is -2.22. The van der Waals surface area contributed by atoms with Crippen molar-refractivity contribution in [1.82, 2.24) is 0 Å². The molecule has 11 heavy (non-hydrogen) atoms. The first-order valence-corrected chi connectivity index (χ1v) is 6.91. The molecule has 0 amide bonds. The van der Waals surface area contributed by atoms with Crippen molar-refractivity contribution in [1.29, 1.82) is 0 Å². The zero-order valence-corrected chi connectivity index (χ0v) is 8.59. The SMILES string of the molecule is CC[Si](C=C(O)O)(CC)CC. The topological polar surface area (TPSA) is 40.5 Å². The smallest absolute Gasteiger partial charge is 0.265 e. The molecule has 0 aromatic carbocycles. The first-order valence-electron chi connectivity index (χ1n) is 4.21. The molecule has 0 atom stereocenters. The van der Waals surface area contributed by atoms with E-state index < -0.39 is 14.0 Å². The fourth-order valence-corrected chi connectivity index (χ4v) is 3.99. The molecule has 0 spiro atoms. The summed E-state index contributed by atoms with van der Waals surface area (Å²) in [5.41, 5.74) is 1.69. The van der Waals surface area contributed by atoms with Crippen molar-refractivity contribution in [3.05, 3.63) is 11.6 Å². The van der Waals surface area contributed by atoms with Gasteiger partial charge >= 0.3 is 0 Å². The van der Waals surface area contributed by atoms with Crippen LogP contribution in [-0.4, -0.2) is 18.3 Å². The average Bonchev–Trinajstić information content (AvgIpc) is 2.00. The number of aliphatic hydroxyl groups excluding tert-OH is 1. The largest absolute Gasteiger partial charge is 0.482 e. The lowest BCUT2D eigenvalue weighted by atomic mass is 10.9. The molecule has 0 bridgehead atoms. The van der Waals surface area contributed by atoms with Crippen LogP contribution in [0.1, 0.15) is 20.8 Å². The van der Waals surface area contributed by atoms with E-state index in [1.165, 1.54) is 0 Å². The van der Waals surface area contributed by atoms with Gasteiger partial charge in [-0.15, -0.1) is 0 Å². The summed E-state index contributed by atoms with van der Waals surface area (Å²) in [6.07, 6.45) is 0. The molecule has 0 saturated heterocycles. The third-order valence-corrected chi connectivity index (χ3v) is 7.64. The highest BCUT2D eigenvalue weighted by Gasteiger charge is 2.24. The number of hydrogen-bond acceptors (Lipinski definition) is 2. The highest BCUT2D eigenvalue weighted by Crippen LogP contribution is 2.21. The lowest BCUT2D eigenvalue weighted by molar-refractivity contribution is 0.192. The van der Waals surface area contributed by atoms with E-state index in [4.69, 9.17) is 10.2 Å². The molecule has 0 aliphatic heterocycles. The zero-order valence-electron chi connectivity index (χ0n) is 7.59. The molecule has 0 aromatic rings. The third-order valence-electron chi connectivity index (χ3n) is 2.55. The van der Waals surface area contributed by atoms with Crippen LogP contribution >= 0.6 is 0 Å². The Morgan fingerprint density at radius 2 is 1.45 bits per heavy atom. The molecule has 0 rings (SSSR count). The molecule has 0 saturated carbocycles. The average molecular weight is 174 g/mol. The number of rotatable bonds is 4. The summed E-state index contributed by atoms with van der Waals surface area (Å²) in [6.45, 7) is 6.37. The van der Waals surface area contributed by atoms with Crippen LogP contribution in [-0.2, 0) is 0 Å². The van der Waals surface area contributed by atoms with Gasteiger partial charge in [0.25, 0.3) is 5.95 Å². The van der Waals surface area contributed by atoms with E-state index >= 15 is 0 Å². The Morgan fingerprint density at radius 3 is 1.55 bits per heavy atom. The van der Waals surface area contributed by atoms with E-state index in [1.54, 1.807) is 5.70 Å². The molecule has 0 heterocycles. The zero-order chi connectivity index (χ0) is 8.91. The van der Waals surface area contributed by atoms with E-state index in [0.29, 0.717) is 0 Å². The van der Waals surface area contributed by atoms with Crippen LogP contribution in [0, 0.1) is 0 Å². The molecular formula is C8H18O2Si. The van der Waals surface area contributed by atoms with Gasteiger partial charge in [0.1, 0.15) is 0 Å². The van der Waals surface area contributed by atoms with Crippen LogP contribution in [0.3, 0.4) is 0 Å². The minimum absolute atomic E-state index is 0.484. The van der Waals surface area contributed by atoms with Gasteiger partial charge in [0.05, 0.1) is 8.07 Å². The summed E-state index contributed by atoms with van der Waals surface area (Å²) in [5, 5.41) is 17.5. The molecule has 2 N–H and O–H groups in total. The summed E-state index contributed by atoms with van der Waals surface area (Å²) in [7, 11) is -1.44. The minimum atomic E-state index is -1.44. The molecule has 0 fully saturated rings. The second-order valence-corrected chi connectivity index (χ2v) is 8.06. The van der Waals surface area contributed by atoms with Crippen LogP contribution < -0.4 is 0 Å². The summed E-state index contributed by atoms with van der Waals surface area (Å²) in [6, 6.07) is 3.26. The van der Waals surface area contributed by atoms with E-state index in [0.717, 1.165) is 18.1 Å². The fourth-order valence-electron chi connectivity index (χ4n) is 1.33. The molecule has 0 aliphatic rings. The Morgan fingerprint density at radius 1 is 1.09 bits per heavy atom. The minimum Gasteiger partial charge on any atom is -0.482 e. The molecule has 2 nitrogen and oxygen atoms in total. The van der Waals surface area contributed by atoms with Crippen molar-refractivity contribution in [3.8, 4) is 0 Å². The second-order valence-electron chi connectivity index (χ2n) is 2.93. The van der Waals surface area contributed by atoms with Gasteiger partial charge in [-0.1, -0.05) is 38.9 Å². The number of hydrogen-bond donors (Lipinski definition) is 2. The molecule has 3 heteroatoms. The summed E-state index contributed by atoms with van der Waals surface area (Å²) in [5.74, 6) is -0.484. The number of aliphatic hydroxyl groups is 2. The van der Waals surface area contributed by atoms with Crippen molar-refractivity contribution in [2.45, 2.75) is 38.9 Å². The van der Waals surface area contributed by atoms with Crippen molar-refractivity contribution >= 4 is 8.07 Å². The Bertz CT molecular complexity index is 127. The Balaban J connectivity index is 4.42. The summed E-state index contributed by atoms with van der Waals surface area (Å²) < 4.78 is 0. The maximum Gasteiger partial charge on any atom is 0.265 e. The maximum atomic E-state index is 8.73. The molecule has 66 valence electrons. The second kappa shape index (κ2) is 4.44. The standard InChI is InChI=1S/C8H18O2Si/c1-4-11(5-2,6-3)7-8(9)10/h7,9-10H,4-6H2,1-3H3. The van der Waals surface area contributed by atoms with Crippen LogP contribution in [0.4, 0.5) is 0 Å². The molecule has 0 aliphatic carbocycles. The highest BCUT2D eigenvalue weighted by molar-refractivity contribution is 6.84. The van der Waals surface area contributed by atoms with Gasteiger partial charge in [0.2, 0.25) is 0 Å². The molecule has 0 aromatic heterocycles. The van der Waals surface area contributed by atoms with Crippen LogP contribution in [0.2, 0.25) is 18.1 Å². The van der Waals surface area contributed by atoms with Gasteiger partial charge in [-0.2, -0.15) is 0 Å². The molecular weight excluding hydrogens is 156 g/mol. The van der Waals surface area contributed by atoms with Gasteiger partial charge < -0.3 is 10.2 Å². The molecule has 0 radical (unpaired) electrons. The fraction of sp³-hybridized carbons (Fsp3) is 0.750. The first-order chi connectivity index (χ1) is 5.10. The quantitative estimate of drug-likeness (QED) is 0.508. The predicted molar refractivity (Wildman–Crippen MR) is 50.5 cm³/mol. The van der Waals surface area contributed by atoms with Crippen molar-refractivity contribution < 1.29 is 10.2 Å². The predicted octanol–water partition coefficient (Wildman–Crippen LogP) is 2.99. The van der Waals surface area contributed by atoms with Crippen molar-refractivity contribution in [2.24, 2.45) is 0 Å². The summed E-state index contributed by atoms with van der Waals surface area (Å²) in [4.78, 5) is 0. The normalized spacial score (nSPS) is 11.2. The third kappa shape index (κ3) is 2.97. The maximum absolute atomic E-state index is 8.73. The van der Waals surface area contributed by atoms with E-state index in [9.17, 15) is 0 Å². The van der Waals surface area contributed by atoms with Gasteiger partial charge in [-0.05, 0) is 5.70 Å². The van der Waals surface area contributed by atoms with Crippen molar-refractivity contribution in [2.75, 3.05) is 0 Å². The Hall–Kier alpha value is -0.443. The van der Waals surface area contributed by atoms with Crippen LogP contribution in [0.25, 0.3) is 0 Å². The molecule has 0 unspecified atom stereocenters. The van der Waals surface area contributed by atoms with E-state index in [2.05, 4.69) is 20.8 Å². The van der Waals surface area contributed by atoms with Gasteiger partial charge in [-0.3, -0.25) is 0 Å². The van der Waals surface area contributed by atoms with Gasteiger partial charge in [0.15, 0.2) is 0 Å². The Labute approximate surface area is 69.6 Å². The summed E-state index contributed by atoms with van der Waals surface area (Å²) >= 11 is 0.